The number of hydrogen-bond acceptors (Lipinski definition) is 5. The molecule has 2 aromatic rings. The van der Waals surface area contributed by atoms with Gasteiger partial charge in [-0.3, -0.25) is 0 Å². The fourth-order valence-corrected chi connectivity index (χ4v) is 3.36. The van der Waals surface area contributed by atoms with Crippen LogP contribution in [0.4, 0.5) is 0 Å². The number of ether oxygens (including phenoxy) is 3. The van der Waals surface area contributed by atoms with Crippen LogP contribution in [-0.2, 0) is 25.7 Å². The van der Waals surface area contributed by atoms with Gasteiger partial charge in [0.05, 0.1) is 0 Å². The molecular formula is C22H20O5. The molecule has 1 saturated carbocycles. The van der Waals surface area contributed by atoms with Gasteiger partial charge in [0.1, 0.15) is 17.9 Å². The fraction of sp³-hybridized carbons (Fsp3) is 0.273. The fourth-order valence-electron chi connectivity index (χ4n) is 3.36. The summed E-state index contributed by atoms with van der Waals surface area (Å²) in [6.07, 6.45) is 4.43. The molecule has 0 radical (unpaired) electrons. The standard InChI is InChI=1S/C22H20O5/c23-20-19(21(24)27-22(26-20)12-4-5-13-22)14-16-8-10-18(11-9-16)25-15-17-6-2-1-3-7-17/h1-3,6-11,14H,4-5,12-13,15H2. The SMILES string of the molecule is O=C1OC2(CCCC2)OC(=O)C1=Cc1ccc(OCc2ccccc2)cc1. The van der Waals surface area contributed by atoms with E-state index < -0.39 is 17.7 Å². The molecule has 2 fully saturated rings. The molecule has 0 N–H and O–H groups in total. The van der Waals surface area contributed by atoms with Crippen molar-refractivity contribution in [2.45, 2.75) is 38.1 Å². The molecule has 1 heterocycles. The molecule has 0 aromatic heterocycles. The van der Waals surface area contributed by atoms with Gasteiger partial charge in [-0.1, -0.05) is 42.5 Å². The third kappa shape index (κ3) is 3.87. The summed E-state index contributed by atoms with van der Waals surface area (Å²) in [4.78, 5) is 24.6. The quantitative estimate of drug-likeness (QED) is 0.466. The molecule has 5 heteroatoms. The highest BCUT2D eigenvalue weighted by Crippen LogP contribution is 2.38. The largest absolute Gasteiger partial charge is 0.489 e. The van der Waals surface area contributed by atoms with Crippen LogP contribution in [0.5, 0.6) is 5.75 Å². The first-order valence-corrected chi connectivity index (χ1v) is 9.09. The number of carbonyl (C=O) groups is 2. The average Bonchev–Trinajstić information content (AvgIpc) is 3.12. The van der Waals surface area contributed by atoms with Gasteiger partial charge < -0.3 is 14.2 Å². The maximum Gasteiger partial charge on any atom is 0.348 e. The molecule has 1 aliphatic carbocycles. The van der Waals surface area contributed by atoms with Crippen LogP contribution in [0.1, 0.15) is 36.8 Å². The summed E-state index contributed by atoms with van der Waals surface area (Å²) in [7, 11) is 0. The van der Waals surface area contributed by atoms with Gasteiger partial charge in [0.15, 0.2) is 0 Å². The van der Waals surface area contributed by atoms with Crippen molar-refractivity contribution in [1.29, 1.82) is 0 Å². The Balaban J connectivity index is 1.43. The smallest absolute Gasteiger partial charge is 0.348 e. The predicted molar refractivity (Wildman–Crippen MR) is 98.6 cm³/mol. The number of rotatable bonds is 4. The molecule has 1 aliphatic heterocycles. The van der Waals surface area contributed by atoms with E-state index in [1.54, 1.807) is 24.3 Å². The lowest BCUT2D eigenvalue weighted by Gasteiger charge is -2.32. The third-order valence-corrected chi connectivity index (χ3v) is 4.80. The Morgan fingerprint density at radius 2 is 1.52 bits per heavy atom. The van der Waals surface area contributed by atoms with Crippen molar-refractivity contribution >= 4 is 18.0 Å². The molecule has 4 rings (SSSR count). The Hall–Kier alpha value is -3.08. The Bertz CT molecular complexity index is 839. The summed E-state index contributed by atoms with van der Waals surface area (Å²) in [5, 5.41) is 0. The van der Waals surface area contributed by atoms with Gasteiger partial charge in [0.2, 0.25) is 0 Å². The first kappa shape index (κ1) is 17.3. The van der Waals surface area contributed by atoms with Gasteiger partial charge in [-0.15, -0.1) is 0 Å². The van der Waals surface area contributed by atoms with Crippen LogP contribution in [-0.4, -0.2) is 17.7 Å². The first-order chi connectivity index (χ1) is 13.1. The Kier molecular flexibility index (Phi) is 4.67. The van der Waals surface area contributed by atoms with Crippen molar-refractivity contribution in [3.8, 4) is 5.75 Å². The number of carbonyl (C=O) groups excluding carboxylic acids is 2. The molecule has 1 spiro atoms. The number of hydrogen-bond donors (Lipinski definition) is 0. The summed E-state index contributed by atoms with van der Waals surface area (Å²) >= 11 is 0. The van der Waals surface area contributed by atoms with Crippen molar-refractivity contribution in [1.82, 2.24) is 0 Å². The Morgan fingerprint density at radius 3 is 2.15 bits per heavy atom. The minimum absolute atomic E-state index is 0.0783. The van der Waals surface area contributed by atoms with E-state index in [2.05, 4.69) is 0 Å². The molecule has 0 amide bonds. The zero-order valence-electron chi connectivity index (χ0n) is 14.9. The molecule has 2 aromatic carbocycles. The monoisotopic (exact) mass is 364 g/mol. The topological polar surface area (TPSA) is 61.8 Å². The van der Waals surface area contributed by atoms with Crippen molar-refractivity contribution in [2.75, 3.05) is 0 Å². The van der Waals surface area contributed by atoms with E-state index in [0.29, 0.717) is 30.8 Å². The van der Waals surface area contributed by atoms with Crippen LogP contribution in [0.2, 0.25) is 0 Å². The second kappa shape index (κ2) is 7.27. The second-order valence-electron chi connectivity index (χ2n) is 6.80. The van der Waals surface area contributed by atoms with E-state index in [9.17, 15) is 9.59 Å². The van der Waals surface area contributed by atoms with E-state index in [-0.39, 0.29) is 5.57 Å². The van der Waals surface area contributed by atoms with Gasteiger partial charge in [-0.2, -0.15) is 0 Å². The summed E-state index contributed by atoms with van der Waals surface area (Å²) in [6, 6.07) is 17.0. The minimum atomic E-state index is -1.04. The van der Waals surface area contributed by atoms with Crippen LogP contribution in [0.25, 0.3) is 6.08 Å². The zero-order chi connectivity index (χ0) is 18.7. The van der Waals surface area contributed by atoms with Crippen LogP contribution in [0, 0.1) is 0 Å². The van der Waals surface area contributed by atoms with Crippen molar-refractivity contribution < 1.29 is 23.8 Å². The average molecular weight is 364 g/mol. The Morgan fingerprint density at radius 1 is 0.889 bits per heavy atom. The summed E-state index contributed by atoms with van der Waals surface area (Å²) in [5.74, 6) is -1.56. The molecule has 2 aliphatic rings. The van der Waals surface area contributed by atoms with Crippen molar-refractivity contribution in [3.63, 3.8) is 0 Å². The molecule has 0 unspecified atom stereocenters. The number of benzene rings is 2. The highest BCUT2D eigenvalue weighted by atomic mass is 16.7. The zero-order valence-corrected chi connectivity index (χ0v) is 14.9. The summed E-state index contributed by atoms with van der Waals surface area (Å²) in [6.45, 7) is 0.474. The number of esters is 2. The summed E-state index contributed by atoms with van der Waals surface area (Å²) < 4.78 is 16.6. The first-order valence-electron chi connectivity index (χ1n) is 9.09. The van der Waals surface area contributed by atoms with E-state index >= 15 is 0 Å². The molecule has 1 saturated heterocycles. The molecule has 5 nitrogen and oxygen atoms in total. The lowest BCUT2D eigenvalue weighted by molar-refractivity contribution is -0.232. The summed E-state index contributed by atoms with van der Waals surface area (Å²) in [5.41, 5.74) is 1.70. The lowest BCUT2D eigenvalue weighted by atomic mass is 10.1. The highest BCUT2D eigenvalue weighted by molar-refractivity contribution is 6.18. The molecule has 138 valence electrons. The van der Waals surface area contributed by atoms with Gasteiger partial charge >= 0.3 is 11.9 Å². The Labute approximate surface area is 157 Å². The normalized spacial score (nSPS) is 18.1. The van der Waals surface area contributed by atoms with Crippen LogP contribution in [0.3, 0.4) is 0 Å². The van der Waals surface area contributed by atoms with E-state index in [4.69, 9.17) is 14.2 Å². The molecule has 0 bridgehead atoms. The predicted octanol–water partition coefficient (Wildman–Crippen LogP) is 4.02. The van der Waals surface area contributed by atoms with E-state index in [1.165, 1.54) is 6.08 Å². The second-order valence-corrected chi connectivity index (χ2v) is 6.80. The molecule has 27 heavy (non-hydrogen) atoms. The third-order valence-electron chi connectivity index (χ3n) is 4.80. The lowest BCUT2D eigenvalue weighted by Crippen LogP contribution is -2.44. The van der Waals surface area contributed by atoms with E-state index in [1.807, 2.05) is 30.3 Å². The van der Waals surface area contributed by atoms with Crippen LogP contribution >= 0.6 is 0 Å². The maximum atomic E-state index is 12.3. The molecular weight excluding hydrogens is 344 g/mol. The van der Waals surface area contributed by atoms with Crippen molar-refractivity contribution in [2.24, 2.45) is 0 Å². The van der Waals surface area contributed by atoms with Gasteiger partial charge in [0.25, 0.3) is 5.79 Å². The van der Waals surface area contributed by atoms with Gasteiger partial charge in [-0.25, -0.2) is 9.59 Å². The van der Waals surface area contributed by atoms with Gasteiger partial charge in [0, 0.05) is 12.8 Å². The maximum absolute atomic E-state index is 12.3. The van der Waals surface area contributed by atoms with E-state index in [0.717, 1.165) is 18.4 Å². The highest BCUT2D eigenvalue weighted by Gasteiger charge is 2.47. The minimum Gasteiger partial charge on any atom is -0.489 e. The van der Waals surface area contributed by atoms with Crippen LogP contribution < -0.4 is 4.74 Å². The van der Waals surface area contributed by atoms with Gasteiger partial charge in [-0.05, 0) is 42.2 Å². The van der Waals surface area contributed by atoms with Crippen molar-refractivity contribution in [3.05, 3.63) is 71.3 Å². The molecule has 0 atom stereocenters. The van der Waals surface area contributed by atoms with Crippen LogP contribution in [0.15, 0.2) is 60.2 Å².